The van der Waals surface area contributed by atoms with Gasteiger partial charge in [-0.1, -0.05) is 6.42 Å². The monoisotopic (exact) mass is 345 g/mol. The van der Waals surface area contributed by atoms with Gasteiger partial charge in [-0.05, 0) is 37.6 Å². The van der Waals surface area contributed by atoms with Gasteiger partial charge in [-0.2, -0.15) is 0 Å². The van der Waals surface area contributed by atoms with Crippen LogP contribution >= 0.6 is 11.3 Å². The Bertz CT molecular complexity index is 761. The lowest BCUT2D eigenvalue weighted by Crippen LogP contribution is -2.47. The number of primary amides is 1. The van der Waals surface area contributed by atoms with E-state index in [1.54, 1.807) is 11.3 Å². The van der Waals surface area contributed by atoms with Gasteiger partial charge >= 0.3 is 0 Å². The van der Waals surface area contributed by atoms with Crippen molar-refractivity contribution in [3.05, 3.63) is 29.3 Å². The summed E-state index contributed by atoms with van der Waals surface area (Å²) in [6.45, 7) is 1.82. The van der Waals surface area contributed by atoms with Gasteiger partial charge in [-0.15, -0.1) is 11.3 Å². The number of ether oxygens (including phenoxy) is 2. The van der Waals surface area contributed by atoms with Gasteiger partial charge < -0.3 is 15.2 Å². The molecule has 126 valence electrons. The van der Waals surface area contributed by atoms with Gasteiger partial charge in [-0.3, -0.25) is 9.69 Å². The SMILES string of the molecule is NC(=O)C1CCCCN1Cc1csc(-c2ccc3c(c2)OCO3)n1. The number of nitrogens with two attached hydrogens (primary N) is 1. The third-order valence-corrected chi connectivity index (χ3v) is 5.42. The minimum Gasteiger partial charge on any atom is -0.454 e. The Kier molecular flexibility index (Phi) is 4.12. The Morgan fingerprint density at radius 1 is 1.33 bits per heavy atom. The number of carbonyl (C=O) groups is 1. The van der Waals surface area contributed by atoms with Crippen LogP contribution in [0.25, 0.3) is 10.6 Å². The van der Waals surface area contributed by atoms with Crippen molar-refractivity contribution in [2.24, 2.45) is 5.73 Å². The highest BCUT2D eigenvalue weighted by Gasteiger charge is 2.27. The van der Waals surface area contributed by atoms with Crippen LogP contribution in [0.1, 0.15) is 25.0 Å². The molecule has 1 amide bonds. The van der Waals surface area contributed by atoms with Gasteiger partial charge in [0.2, 0.25) is 12.7 Å². The number of amides is 1. The molecule has 0 radical (unpaired) electrons. The number of hydrogen-bond acceptors (Lipinski definition) is 6. The molecule has 1 atom stereocenters. The summed E-state index contributed by atoms with van der Waals surface area (Å²) in [5, 5.41) is 2.99. The van der Waals surface area contributed by atoms with E-state index in [-0.39, 0.29) is 18.7 Å². The van der Waals surface area contributed by atoms with Crippen molar-refractivity contribution in [1.82, 2.24) is 9.88 Å². The Morgan fingerprint density at radius 2 is 2.21 bits per heavy atom. The molecule has 6 nitrogen and oxygen atoms in total. The van der Waals surface area contributed by atoms with E-state index in [4.69, 9.17) is 20.2 Å². The number of aromatic nitrogens is 1. The van der Waals surface area contributed by atoms with E-state index in [1.165, 1.54) is 0 Å². The molecule has 0 saturated carbocycles. The first kappa shape index (κ1) is 15.4. The molecule has 1 fully saturated rings. The molecule has 4 rings (SSSR count). The van der Waals surface area contributed by atoms with Crippen LogP contribution in [0.15, 0.2) is 23.6 Å². The second-order valence-electron chi connectivity index (χ2n) is 6.10. The van der Waals surface area contributed by atoms with E-state index >= 15 is 0 Å². The number of fused-ring (bicyclic) bond motifs is 1. The number of carbonyl (C=O) groups excluding carboxylic acids is 1. The van der Waals surface area contributed by atoms with Crippen molar-refractivity contribution in [3.63, 3.8) is 0 Å². The number of likely N-dealkylation sites (tertiary alicyclic amines) is 1. The largest absolute Gasteiger partial charge is 0.454 e. The molecule has 1 aromatic carbocycles. The fourth-order valence-corrected chi connectivity index (χ4v) is 4.06. The minimum absolute atomic E-state index is 0.172. The predicted octanol–water partition coefficient (Wildman–Crippen LogP) is 2.38. The van der Waals surface area contributed by atoms with E-state index in [9.17, 15) is 4.79 Å². The third-order valence-electron chi connectivity index (χ3n) is 4.48. The van der Waals surface area contributed by atoms with Crippen LogP contribution in [0.5, 0.6) is 11.5 Å². The van der Waals surface area contributed by atoms with Crippen LogP contribution in [0.2, 0.25) is 0 Å². The number of piperidine rings is 1. The Hall–Kier alpha value is -2.12. The zero-order valence-corrected chi connectivity index (χ0v) is 14.1. The third kappa shape index (κ3) is 2.97. The highest BCUT2D eigenvalue weighted by atomic mass is 32.1. The summed E-state index contributed by atoms with van der Waals surface area (Å²) in [6.07, 6.45) is 3.00. The van der Waals surface area contributed by atoms with E-state index in [0.29, 0.717) is 6.54 Å². The molecule has 2 aliphatic rings. The fourth-order valence-electron chi connectivity index (χ4n) is 3.25. The molecular formula is C17H19N3O3S. The van der Waals surface area contributed by atoms with Crippen molar-refractivity contribution in [1.29, 1.82) is 0 Å². The van der Waals surface area contributed by atoms with Gasteiger partial charge in [0.25, 0.3) is 0 Å². The van der Waals surface area contributed by atoms with E-state index < -0.39 is 0 Å². The normalized spacial score (nSPS) is 20.2. The molecule has 2 aliphatic heterocycles. The molecule has 24 heavy (non-hydrogen) atoms. The van der Waals surface area contributed by atoms with Gasteiger partial charge in [0.05, 0.1) is 11.7 Å². The fraction of sp³-hybridized carbons (Fsp3) is 0.412. The summed E-state index contributed by atoms with van der Waals surface area (Å²) in [4.78, 5) is 18.5. The summed E-state index contributed by atoms with van der Waals surface area (Å²) in [6, 6.07) is 5.68. The first-order valence-electron chi connectivity index (χ1n) is 8.08. The van der Waals surface area contributed by atoms with Crippen molar-refractivity contribution < 1.29 is 14.3 Å². The van der Waals surface area contributed by atoms with Crippen molar-refractivity contribution >= 4 is 17.2 Å². The van der Waals surface area contributed by atoms with Gasteiger partial charge in [0.15, 0.2) is 11.5 Å². The number of rotatable bonds is 4. The van der Waals surface area contributed by atoms with Crippen molar-refractivity contribution in [3.8, 4) is 22.1 Å². The topological polar surface area (TPSA) is 77.7 Å². The van der Waals surface area contributed by atoms with Crippen LogP contribution in [0.4, 0.5) is 0 Å². The maximum absolute atomic E-state index is 11.6. The van der Waals surface area contributed by atoms with Crippen LogP contribution in [0.3, 0.4) is 0 Å². The van der Waals surface area contributed by atoms with Crippen LogP contribution in [-0.4, -0.2) is 35.2 Å². The molecule has 2 N–H and O–H groups in total. The van der Waals surface area contributed by atoms with Crippen LogP contribution < -0.4 is 15.2 Å². The average Bonchev–Trinajstić information content (AvgIpc) is 3.23. The maximum atomic E-state index is 11.6. The first-order valence-corrected chi connectivity index (χ1v) is 8.96. The molecule has 1 saturated heterocycles. The molecule has 2 aromatic rings. The second kappa shape index (κ2) is 6.41. The smallest absolute Gasteiger partial charge is 0.234 e. The summed E-state index contributed by atoms with van der Waals surface area (Å²) < 4.78 is 10.8. The summed E-state index contributed by atoms with van der Waals surface area (Å²) in [7, 11) is 0. The molecular weight excluding hydrogens is 326 g/mol. The van der Waals surface area contributed by atoms with E-state index in [0.717, 1.165) is 53.6 Å². The molecule has 7 heteroatoms. The zero-order valence-electron chi connectivity index (χ0n) is 13.2. The summed E-state index contributed by atoms with van der Waals surface area (Å²) >= 11 is 1.60. The highest BCUT2D eigenvalue weighted by Crippen LogP contribution is 2.36. The number of hydrogen-bond donors (Lipinski definition) is 1. The first-order chi connectivity index (χ1) is 11.7. The Balaban J connectivity index is 1.51. The van der Waals surface area contributed by atoms with Crippen molar-refractivity contribution in [2.45, 2.75) is 31.8 Å². The molecule has 1 unspecified atom stereocenters. The van der Waals surface area contributed by atoms with E-state index in [1.807, 2.05) is 23.6 Å². The second-order valence-corrected chi connectivity index (χ2v) is 6.95. The summed E-state index contributed by atoms with van der Waals surface area (Å²) in [5.41, 5.74) is 7.52. The lowest BCUT2D eigenvalue weighted by Gasteiger charge is -2.32. The van der Waals surface area contributed by atoms with Crippen LogP contribution in [0, 0.1) is 0 Å². The minimum atomic E-state index is -0.235. The molecule has 0 bridgehead atoms. The quantitative estimate of drug-likeness (QED) is 0.920. The Morgan fingerprint density at radius 3 is 3.08 bits per heavy atom. The van der Waals surface area contributed by atoms with Crippen molar-refractivity contribution in [2.75, 3.05) is 13.3 Å². The number of thiazole rings is 1. The number of benzene rings is 1. The lowest BCUT2D eigenvalue weighted by molar-refractivity contribution is -0.124. The molecule has 3 heterocycles. The molecule has 0 aliphatic carbocycles. The zero-order chi connectivity index (χ0) is 16.5. The Labute approximate surface area is 144 Å². The lowest BCUT2D eigenvalue weighted by atomic mass is 10.0. The van der Waals surface area contributed by atoms with Gasteiger partial charge in [-0.25, -0.2) is 4.98 Å². The molecule has 1 aromatic heterocycles. The molecule has 0 spiro atoms. The van der Waals surface area contributed by atoms with E-state index in [2.05, 4.69) is 4.90 Å². The summed E-state index contributed by atoms with van der Waals surface area (Å²) in [5.74, 6) is 1.29. The highest BCUT2D eigenvalue weighted by molar-refractivity contribution is 7.13. The van der Waals surface area contributed by atoms with Gasteiger partial charge in [0.1, 0.15) is 5.01 Å². The predicted molar refractivity (Wildman–Crippen MR) is 90.9 cm³/mol. The number of nitrogens with zero attached hydrogens (tertiary/aromatic N) is 2. The standard InChI is InChI=1S/C17H19N3O3S/c18-16(21)13-3-1-2-6-20(13)8-12-9-24-17(19-12)11-4-5-14-15(7-11)23-10-22-14/h4-5,7,9,13H,1-3,6,8,10H2,(H2,18,21). The van der Waals surface area contributed by atoms with Crippen LogP contribution in [-0.2, 0) is 11.3 Å². The maximum Gasteiger partial charge on any atom is 0.234 e. The average molecular weight is 345 g/mol. The van der Waals surface area contributed by atoms with Gasteiger partial charge in [0, 0.05) is 17.5 Å².